The van der Waals surface area contributed by atoms with Crippen LogP contribution in [0.1, 0.15) is 25.3 Å². The van der Waals surface area contributed by atoms with Crippen LogP contribution in [-0.4, -0.2) is 39.0 Å². The number of nitrogens with zero attached hydrogens (tertiary/aromatic N) is 2. The number of carbonyl (C=O) groups is 2. The van der Waals surface area contributed by atoms with Gasteiger partial charge in [-0.15, -0.1) is 0 Å². The van der Waals surface area contributed by atoms with Crippen LogP contribution in [-0.2, 0) is 9.59 Å². The number of hydrogen-bond acceptors (Lipinski definition) is 5. The third-order valence-electron chi connectivity index (χ3n) is 4.33. The zero-order valence-electron chi connectivity index (χ0n) is 13.6. The number of halogens is 1. The molecule has 1 heterocycles. The molecule has 9 heteroatoms. The van der Waals surface area contributed by atoms with Crippen LogP contribution in [0.5, 0.6) is 0 Å². The van der Waals surface area contributed by atoms with Crippen LogP contribution in [0.15, 0.2) is 40.7 Å². The molecule has 0 atom stereocenters. The smallest absolute Gasteiger partial charge is 0.334 e. The minimum Gasteiger partial charge on any atom is -0.478 e. The molecule has 0 saturated carbocycles. The summed E-state index contributed by atoms with van der Waals surface area (Å²) in [5, 5.41) is 30.4. The highest BCUT2D eigenvalue weighted by atomic mass is 35.5. The first-order chi connectivity index (χ1) is 11.6. The van der Waals surface area contributed by atoms with Gasteiger partial charge in [0.15, 0.2) is 0 Å². The Balaban J connectivity index is 2.86. The number of allylic oxidation sites excluding steroid dienone is 2. The maximum absolute atomic E-state index is 11.8. The monoisotopic (exact) mass is 366 g/mol. The van der Waals surface area contributed by atoms with Crippen molar-refractivity contribution in [3.63, 3.8) is 0 Å². The molecule has 25 heavy (non-hydrogen) atoms. The Morgan fingerprint density at radius 2 is 1.64 bits per heavy atom. The van der Waals surface area contributed by atoms with Gasteiger partial charge in [-0.05, 0) is 25.5 Å². The van der Waals surface area contributed by atoms with Gasteiger partial charge in [-0.3, -0.25) is 10.1 Å². The van der Waals surface area contributed by atoms with E-state index in [0.717, 1.165) is 6.07 Å². The predicted molar refractivity (Wildman–Crippen MR) is 89.3 cm³/mol. The van der Waals surface area contributed by atoms with Crippen molar-refractivity contribution in [3.8, 4) is 0 Å². The summed E-state index contributed by atoms with van der Waals surface area (Å²) in [5.41, 5.74) is 0.0616. The van der Waals surface area contributed by atoms with Crippen molar-refractivity contribution in [2.75, 3.05) is 7.05 Å². The van der Waals surface area contributed by atoms with E-state index < -0.39 is 22.8 Å². The summed E-state index contributed by atoms with van der Waals surface area (Å²) in [6.07, 6.45) is 0. The van der Waals surface area contributed by atoms with Gasteiger partial charge in [0.1, 0.15) is 0 Å². The first kappa shape index (κ1) is 18.5. The van der Waals surface area contributed by atoms with E-state index in [4.69, 9.17) is 11.6 Å². The Morgan fingerprint density at radius 3 is 2.04 bits per heavy atom. The molecule has 0 amide bonds. The fraction of sp³-hybridized carbons (Fsp3) is 0.250. The number of nitro benzene ring substituents is 1. The minimum atomic E-state index is -1.32. The van der Waals surface area contributed by atoms with Gasteiger partial charge in [0.05, 0.1) is 22.0 Å². The van der Waals surface area contributed by atoms with Crippen LogP contribution in [0.3, 0.4) is 0 Å². The van der Waals surface area contributed by atoms with Gasteiger partial charge in [-0.25, -0.2) is 9.59 Å². The van der Waals surface area contributed by atoms with Gasteiger partial charge in [-0.2, -0.15) is 0 Å². The molecule has 1 aromatic rings. The predicted octanol–water partition coefficient (Wildman–Crippen LogP) is 2.99. The number of non-ortho nitro benzene ring substituents is 1. The molecule has 1 aliphatic rings. The molecule has 0 saturated heterocycles. The van der Waals surface area contributed by atoms with Crippen molar-refractivity contribution >= 4 is 29.2 Å². The molecule has 1 aliphatic heterocycles. The van der Waals surface area contributed by atoms with Gasteiger partial charge in [0.25, 0.3) is 5.69 Å². The van der Waals surface area contributed by atoms with Gasteiger partial charge >= 0.3 is 11.9 Å². The van der Waals surface area contributed by atoms with Gasteiger partial charge in [0, 0.05) is 35.6 Å². The summed E-state index contributed by atoms with van der Waals surface area (Å²) in [5.74, 6) is -3.86. The molecule has 0 bridgehead atoms. The summed E-state index contributed by atoms with van der Waals surface area (Å²) < 4.78 is 0. The SMILES string of the molecule is CC1=C(C(=O)O)C(c2cc([N+](=O)[O-])ccc2Cl)C(C(=O)O)=C(C)N1C. The fourth-order valence-electron chi connectivity index (χ4n) is 2.91. The zero-order chi connectivity index (χ0) is 19.0. The summed E-state index contributed by atoms with van der Waals surface area (Å²) >= 11 is 6.14. The molecular weight excluding hydrogens is 352 g/mol. The largest absolute Gasteiger partial charge is 0.478 e. The average molecular weight is 367 g/mol. The minimum absolute atomic E-state index is 0.0539. The average Bonchev–Trinajstić information content (AvgIpc) is 2.51. The third-order valence-corrected chi connectivity index (χ3v) is 4.67. The maximum atomic E-state index is 11.8. The maximum Gasteiger partial charge on any atom is 0.334 e. The second-order valence-electron chi connectivity index (χ2n) is 5.56. The van der Waals surface area contributed by atoms with E-state index >= 15 is 0 Å². The molecule has 0 unspecified atom stereocenters. The highest BCUT2D eigenvalue weighted by Crippen LogP contribution is 2.44. The normalized spacial score (nSPS) is 15.6. The van der Waals surface area contributed by atoms with E-state index in [0.29, 0.717) is 11.4 Å². The number of carboxylic acid groups (broad SMARTS) is 2. The number of benzene rings is 1. The molecule has 0 spiro atoms. The number of rotatable bonds is 4. The lowest BCUT2D eigenvalue weighted by Gasteiger charge is -2.34. The van der Waals surface area contributed by atoms with Gasteiger partial charge in [0.2, 0.25) is 0 Å². The second-order valence-corrected chi connectivity index (χ2v) is 5.97. The topological polar surface area (TPSA) is 121 Å². The van der Waals surface area contributed by atoms with Crippen LogP contribution in [0.25, 0.3) is 0 Å². The molecule has 132 valence electrons. The Morgan fingerprint density at radius 1 is 1.16 bits per heavy atom. The van der Waals surface area contributed by atoms with Crippen LogP contribution >= 0.6 is 11.6 Å². The lowest BCUT2D eigenvalue weighted by Crippen LogP contribution is -2.32. The van der Waals surface area contributed by atoms with Crippen molar-refractivity contribution in [1.29, 1.82) is 0 Å². The third kappa shape index (κ3) is 3.08. The summed E-state index contributed by atoms with van der Waals surface area (Å²) in [4.78, 5) is 35.5. The molecule has 0 aliphatic carbocycles. The Bertz CT molecular complexity index is 820. The standard InChI is InChI=1S/C16H15ClN2O6/c1-7-12(15(20)21)14(13(16(22)23)8(2)18(7)3)10-6-9(19(24)25)4-5-11(10)17/h4-6,14H,1-3H3,(H,20,21)(H,22,23). The number of nitro groups is 1. The number of hydrogen-bond donors (Lipinski definition) is 2. The highest BCUT2D eigenvalue weighted by molar-refractivity contribution is 6.31. The summed E-state index contributed by atoms with van der Waals surface area (Å²) in [6, 6.07) is 3.55. The Hall–Kier alpha value is -2.87. The van der Waals surface area contributed by atoms with E-state index in [-0.39, 0.29) is 27.4 Å². The van der Waals surface area contributed by atoms with E-state index in [2.05, 4.69) is 0 Å². The fourth-order valence-corrected chi connectivity index (χ4v) is 3.14. The molecule has 0 radical (unpaired) electrons. The quantitative estimate of drug-likeness (QED) is 0.620. The van der Waals surface area contributed by atoms with Crippen molar-refractivity contribution in [3.05, 3.63) is 61.4 Å². The number of carboxylic acids is 2. The molecule has 2 rings (SSSR count). The van der Waals surface area contributed by atoms with Crippen LogP contribution < -0.4 is 0 Å². The van der Waals surface area contributed by atoms with E-state index in [1.165, 1.54) is 17.0 Å². The van der Waals surface area contributed by atoms with Crippen molar-refractivity contribution in [2.45, 2.75) is 19.8 Å². The lowest BCUT2D eigenvalue weighted by atomic mass is 9.79. The molecule has 2 N–H and O–H groups in total. The first-order valence-corrected chi connectivity index (χ1v) is 7.51. The van der Waals surface area contributed by atoms with Gasteiger partial charge in [-0.1, -0.05) is 11.6 Å². The molecule has 1 aromatic carbocycles. The molecular formula is C16H15ClN2O6. The number of aliphatic carboxylic acids is 2. The lowest BCUT2D eigenvalue weighted by molar-refractivity contribution is -0.384. The van der Waals surface area contributed by atoms with E-state index in [9.17, 15) is 29.9 Å². The zero-order valence-corrected chi connectivity index (χ0v) is 14.4. The van der Waals surface area contributed by atoms with Crippen LogP contribution in [0, 0.1) is 10.1 Å². The Kier molecular flexibility index (Phi) is 4.85. The van der Waals surface area contributed by atoms with E-state index in [1.807, 2.05) is 0 Å². The summed E-state index contributed by atoms with van der Waals surface area (Å²) in [6.45, 7) is 3.09. The summed E-state index contributed by atoms with van der Waals surface area (Å²) in [7, 11) is 1.56. The van der Waals surface area contributed by atoms with Crippen molar-refractivity contribution in [2.24, 2.45) is 0 Å². The van der Waals surface area contributed by atoms with Crippen LogP contribution in [0.2, 0.25) is 5.02 Å². The highest BCUT2D eigenvalue weighted by Gasteiger charge is 2.39. The second kappa shape index (κ2) is 6.56. The van der Waals surface area contributed by atoms with Gasteiger partial charge < -0.3 is 15.1 Å². The molecule has 0 aromatic heterocycles. The van der Waals surface area contributed by atoms with Crippen LogP contribution in [0.4, 0.5) is 5.69 Å². The van der Waals surface area contributed by atoms with E-state index in [1.54, 1.807) is 20.9 Å². The molecule has 0 fully saturated rings. The molecule has 8 nitrogen and oxygen atoms in total. The van der Waals surface area contributed by atoms with Crippen molar-refractivity contribution in [1.82, 2.24) is 4.90 Å². The first-order valence-electron chi connectivity index (χ1n) is 7.13. The van der Waals surface area contributed by atoms with Crippen molar-refractivity contribution < 1.29 is 24.7 Å². The Labute approximate surface area is 147 Å².